The third-order valence-electron chi connectivity index (χ3n) is 3.99. The molecule has 1 N–H and O–H groups in total. The lowest BCUT2D eigenvalue weighted by atomic mass is 10.1. The lowest BCUT2D eigenvalue weighted by Gasteiger charge is -2.31. The van der Waals surface area contributed by atoms with Crippen LogP contribution in [0.4, 0.5) is 4.39 Å². The summed E-state index contributed by atoms with van der Waals surface area (Å²) in [5.74, 6) is -0.321. The molecule has 6 heteroatoms. The number of piperidine rings is 1. The Labute approximate surface area is 133 Å². The van der Waals surface area contributed by atoms with Gasteiger partial charge >= 0.3 is 0 Å². The largest absolute Gasteiger partial charge is 0.337 e. The quantitative estimate of drug-likeness (QED) is 0.946. The zero-order valence-corrected chi connectivity index (χ0v) is 13.2. The number of rotatable bonds is 3. The third-order valence-corrected chi connectivity index (χ3v) is 4.88. The average Bonchev–Trinajstić information content (AvgIpc) is 3.05. The number of hydrogen-bond donors (Lipinski definition) is 1. The first-order chi connectivity index (χ1) is 10.6. The molecule has 116 valence electrons. The molecule has 2 heterocycles. The highest BCUT2D eigenvalue weighted by molar-refractivity contribution is 7.13. The summed E-state index contributed by atoms with van der Waals surface area (Å²) in [5, 5.41) is 5.81. The summed E-state index contributed by atoms with van der Waals surface area (Å²) < 4.78 is 13.0. The van der Waals surface area contributed by atoms with Crippen LogP contribution in [0.1, 0.15) is 23.3 Å². The van der Waals surface area contributed by atoms with Crippen LogP contribution in [0.25, 0.3) is 10.6 Å². The molecule has 0 unspecified atom stereocenters. The number of nitrogens with zero attached hydrogens (tertiary/aromatic N) is 2. The molecule has 1 aliphatic rings. The molecule has 0 aliphatic carbocycles. The van der Waals surface area contributed by atoms with Crippen molar-refractivity contribution in [1.82, 2.24) is 15.2 Å². The van der Waals surface area contributed by atoms with Crippen molar-refractivity contribution in [3.8, 4) is 10.6 Å². The standard InChI is InChI=1S/C16H18FN3OS/c1-20(13-6-8-18-9-7-13)16(21)14-10-22-15(19-14)11-2-4-12(17)5-3-11/h2-5,10,13,18H,6-9H2,1H3. The highest BCUT2D eigenvalue weighted by Gasteiger charge is 2.24. The highest BCUT2D eigenvalue weighted by atomic mass is 32.1. The SMILES string of the molecule is CN(C(=O)c1csc(-c2ccc(F)cc2)n1)C1CCNCC1. The minimum atomic E-state index is -0.276. The Bertz CT molecular complexity index is 650. The molecule has 0 atom stereocenters. The second kappa shape index (κ2) is 6.54. The molecule has 22 heavy (non-hydrogen) atoms. The Morgan fingerprint density at radius 2 is 2.00 bits per heavy atom. The molecule has 1 aromatic carbocycles. The Morgan fingerprint density at radius 1 is 1.32 bits per heavy atom. The fourth-order valence-electron chi connectivity index (χ4n) is 2.64. The Morgan fingerprint density at radius 3 is 2.68 bits per heavy atom. The van der Waals surface area contributed by atoms with Crippen LogP contribution in [0.2, 0.25) is 0 Å². The molecular formula is C16H18FN3OS. The zero-order chi connectivity index (χ0) is 15.5. The van der Waals surface area contributed by atoms with Crippen molar-refractivity contribution in [3.63, 3.8) is 0 Å². The van der Waals surface area contributed by atoms with E-state index in [2.05, 4.69) is 10.3 Å². The van der Waals surface area contributed by atoms with Crippen molar-refractivity contribution in [2.45, 2.75) is 18.9 Å². The second-order valence-electron chi connectivity index (χ2n) is 5.44. The Kier molecular flexibility index (Phi) is 4.49. The Hall–Kier alpha value is -1.79. The zero-order valence-electron chi connectivity index (χ0n) is 12.4. The summed E-state index contributed by atoms with van der Waals surface area (Å²) in [7, 11) is 1.84. The predicted octanol–water partition coefficient (Wildman–Crippen LogP) is 2.77. The van der Waals surface area contributed by atoms with Crippen molar-refractivity contribution in [1.29, 1.82) is 0 Å². The number of halogens is 1. The van der Waals surface area contributed by atoms with Gasteiger partial charge in [0.1, 0.15) is 16.5 Å². The van der Waals surface area contributed by atoms with Crippen LogP contribution < -0.4 is 5.32 Å². The van der Waals surface area contributed by atoms with Crippen LogP contribution in [0.15, 0.2) is 29.6 Å². The lowest BCUT2D eigenvalue weighted by Crippen LogP contribution is -2.44. The molecule has 1 aliphatic heterocycles. The first-order valence-electron chi connectivity index (χ1n) is 7.34. The fourth-order valence-corrected chi connectivity index (χ4v) is 3.44. The van der Waals surface area contributed by atoms with Gasteiger partial charge in [-0.2, -0.15) is 0 Å². The number of benzene rings is 1. The van der Waals surface area contributed by atoms with Crippen molar-refractivity contribution in [3.05, 3.63) is 41.2 Å². The second-order valence-corrected chi connectivity index (χ2v) is 6.30. The van der Waals surface area contributed by atoms with E-state index in [-0.39, 0.29) is 17.8 Å². The van der Waals surface area contributed by atoms with Crippen molar-refractivity contribution >= 4 is 17.2 Å². The van der Waals surface area contributed by atoms with Gasteiger partial charge in [0.05, 0.1) is 0 Å². The molecule has 0 bridgehead atoms. The predicted molar refractivity (Wildman–Crippen MR) is 85.5 cm³/mol. The summed E-state index contributed by atoms with van der Waals surface area (Å²) >= 11 is 1.41. The highest BCUT2D eigenvalue weighted by Crippen LogP contribution is 2.25. The van der Waals surface area contributed by atoms with E-state index < -0.39 is 0 Å². The monoisotopic (exact) mass is 319 g/mol. The average molecular weight is 319 g/mol. The van der Waals surface area contributed by atoms with Crippen molar-refractivity contribution in [2.24, 2.45) is 0 Å². The van der Waals surface area contributed by atoms with E-state index in [1.165, 1.54) is 23.5 Å². The molecule has 0 spiro atoms. The molecule has 0 saturated carbocycles. The molecule has 4 nitrogen and oxygen atoms in total. The maximum Gasteiger partial charge on any atom is 0.273 e. The molecule has 2 aromatic rings. The van der Waals surface area contributed by atoms with Crippen LogP contribution in [-0.2, 0) is 0 Å². The number of amides is 1. The van der Waals surface area contributed by atoms with E-state index in [1.54, 1.807) is 22.4 Å². The summed E-state index contributed by atoms with van der Waals surface area (Å²) in [5.41, 5.74) is 1.29. The van der Waals surface area contributed by atoms with Gasteiger partial charge in [-0.25, -0.2) is 9.37 Å². The molecule has 1 fully saturated rings. The summed E-state index contributed by atoms with van der Waals surface area (Å²) in [6, 6.07) is 6.43. The Balaban J connectivity index is 1.75. The molecule has 0 radical (unpaired) electrons. The van der Waals surface area contributed by atoms with E-state index in [9.17, 15) is 9.18 Å². The van der Waals surface area contributed by atoms with Gasteiger partial charge in [-0.05, 0) is 50.2 Å². The van der Waals surface area contributed by atoms with Crippen LogP contribution >= 0.6 is 11.3 Å². The molecule has 3 rings (SSSR count). The van der Waals surface area contributed by atoms with Crippen LogP contribution in [0, 0.1) is 5.82 Å². The fraction of sp³-hybridized carbons (Fsp3) is 0.375. The summed E-state index contributed by atoms with van der Waals surface area (Å²) in [6.45, 7) is 1.89. The molecule has 1 aromatic heterocycles. The lowest BCUT2D eigenvalue weighted by molar-refractivity contribution is 0.0698. The van der Waals surface area contributed by atoms with Gasteiger partial charge < -0.3 is 10.2 Å². The van der Waals surface area contributed by atoms with E-state index >= 15 is 0 Å². The van der Waals surface area contributed by atoms with Gasteiger partial charge in [-0.3, -0.25) is 4.79 Å². The molecule has 1 saturated heterocycles. The topological polar surface area (TPSA) is 45.2 Å². The minimum Gasteiger partial charge on any atom is -0.337 e. The van der Waals surface area contributed by atoms with Gasteiger partial charge in [0.25, 0.3) is 5.91 Å². The van der Waals surface area contributed by atoms with Crippen LogP contribution in [0.5, 0.6) is 0 Å². The van der Waals surface area contributed by atoms with Gasteiger partial charge in [0, 0.05) is 24.0 Å². The summed E-state index contributed by atoms with van der Waals surface area (Å²) in [4.78, 5) is 18.7. The van der Waals surface area contributed by atoms with E-state index in [0.29, 0.717) is 5.69 Å². The first-order valence-corrected chi connectivity index (χ1v) is 8.22. The minimum absolute atomic E-state index is 0.0449. The van der Waals surface area contributed by atoms with Gasteiger partial charge in [-0.15, -0.1) is 11.3 Å². The third kappa shape index (κ3) is 3.18. The van der Waals surface area contributed by atoms with Gasteiger partial charge in [0.2, 0.25) is 0 Å². The molecular weight excluding hydrogens is 301 g/mol. The van der Waals surface area contributed by atoms with Crippen molar-refractivity contribution < 1.29 is 9.18 Å². The smallest absolute Gasteiger partial charge is 0.273 e. The normalized spacial score (nSPS) is 15.7. The number of aromatic nitrogens is 1. The van der Waals surface area contributed by atoms with E-state index in [0.717, 1.165) is 36.5 Å². The first kappa shape index (κ1) is 15.1. The van der Waals surface area contributed by atoms with E-state index in [4.69, 9.17) is 0 Å². The number of thiazole rings is 1. The van der Waals surface area contributed by atoms with Gasteiger partial charge in [0.15, 0.2) is 0 Å². The van der Waals surface area contributed by atoms with Crippen LogP contribution in [0.3, 0.4) is 0 Å². The number of carbonyl (C=O) groups excluding carboxylic acids is 1. The van der Waals surface area contributed by atoms with Gasteiger partial charge in [-0.1, -0.05) is 0 Å². The summed E-state index contributed by atoms with van der Waals surface area (Å²) in [6.07, 6.45) is 1.94. The maximum atomic E-state index is 13.0. The maximum absolute atomic E-state index is 13.0. The van der Waals surface area contributed by atoms with Crippen LogP contribution in [-0.4, -0.2) is 42.0 Å². The number of nitrogens with one attached hydrogen (secondary N) is 1. The van der Waals surface area contributed by atoms with Crippen molar-refractivity contribution in [2.75, 3.05) is 20.1 Å². The number of hydrogen-bond acceptors (Lipinski definition) is 4. The van der Waals surface area contributed by atoms with E-state index in [1.807, 2.05) is 7.05 Å². The molecule has 1 amide bonds. The number of carbonyl (C=O) groups is 1.